The highest BCUT2D eigenvalue weighted by Gasteiger charge is 2.52. The number of carboxylic acids is 1. The third-order valence-electron chi connectivity index (χ3n) is 5.05. The number of hydrogen-bond acceptors (Lipinski definition) is 4. The monoisotopic (exact) mass is 413 g/mol. The van der Waals surface area contributed by atoms with Crippen molar-refractivity contribution in [3.05, 3.63) is 40.4 Å². The van der Waals surface area contributed by atoms with E-state index in [1.165, 1.54) is 13.0 Å². The summed E-state index contributed by atoms with van der Waals surface area (Å²) in [5.74, 6) is -1.74. The van der Waals surface area contributed by atoms with Crippen LogP contribution < -0.4 is 5.32 Å². The number of nitrogens with one attached hydrogen (secondary N) is 1. The maximum Gasteiger partial charge on any atom is 0.492 e. The summed E-state index contributed by atoms with van der Waals surface area (Å²) >= 11 is 0. The van der Waals surface area contributed by atoms with Gasteiger partial charge in [0.2, 0.25) is 5.91 Å². The summed E-state index contributed by atoms with van der Waals surface area (Å²) in [6.07, 6.45) is -3.38. The van der Waals surface area contributed by atoms with Gasteiger partial charge in [-0.1, -0.05) is 6.08 Å². The highest BCUT2D eigenvalue weighted by Crippen LogP contribution is 2.39. The Morgan fingerprint density at radius 2 is 1.72 bits per heavy atom. The zero-order valence-corrected chi connectivity index (χ0v) is 16.8. The Morgan fingerprint density at radius 1 is 1.17 bits per heavy atom. The first-order valence-corrected chi connectivity index (χ1v) is 8.89. The molecule has 0 aliphatic carbocycles. The van der Waals surface area contributed by atoms with Crippen LogP contribution in [0.4, 0.5) is 13.2 Å². The number of carbonyl (C=O) groups excluding carboxylic acids is 1. The normalized spacial score (nSPS) is 18.6. The van der Waals surface area contributed by atoms with Gasteiger partial charge in [0.25, 0.3) is 0 Å². The number of carboxylic acid groups (broad SMARTS) is 1. The molecule has 158 valence electrons. The fourth-order valence-electron chi connectivity index (χ4n) is 2.68. The molecular weight excluding hydrogens is 390 g/mol. The van der Waals surface area contributed by atoms with Crippen LogP contribution in [0.2, 0.25) is 0 Å². The molecule has 1 aliphatic heterocycles. The second-order valence-electron chi connectivity index (χ2n) is 7.82. The molecule has 2 rings (SSSR count). The second kappa shape index (κ2) is 7.83. The van der Waals surface area contributed by atoms with E-state index in [2.05, 4.69) is 5.32 Å². The van der Waals surface area contributed by atoms with Crippen LogP contribution in [0.1, 0.15) is 56.1 Å². The standard InChI is InChI=1S/C19H23BF3NO5/c1-11(25)24-10-14(20-28-17(2,3)18(4,5)29-20)9-12-8-13(19(21,22)23)6-7-15(12)16(26)27/h6-9H,10H2,1-5H3,(H,24,25)(H,26,27). The molecule has 29 heavy (non-hydrogen) atoms. The van der Waals surface area contributed by atoms with Crippen LogP contribution in [0.5, 0.6) is 0 Å². The van der Waals surface area contributed by atoms with Gasteiger partial charge in [0, 0.05) is 13.5 Å². The molecule has 0 radical (unpaired) electrons. The summed E-state index contributed by atoms with van der Waals surface area (Å²) in [5.41, 5.74) is -2.62. The Morgan fingerprint density at radius 3 is 2.17 bits per heavy atom. The van der Waals surface area contributed by atoms with E-state index in [0.29, 0.717) is 11.5 Å². The highest BCUT2D eigenvalue weighted by atomic mass is 19.4. The molecular formula is C19H23BF3NO5. The molecule has 1 fully saturated rings. The first kappa shape index (κ1) is 23.0. The van der Waals surface area contributed by atoms with E-state index < -0.39 is 36.0 Å². The molecule has 0 spiro atoms. The van der Waals surface area contributed by atoms with Crippen molar-refractivity contribution in [2.45, 2.75) is 52.0 Å². The van der Waals surface area contributed by atoms with Crippen molar-refractivity contribution in [1.82, 2.24) is 5.32 Å². The van der Waals surface area contributed by atoms with E-state index >= 15 is 0 Å². The van der Waals surface area contributed by atoms with Crippen LogP contribution in [-0.2, 0) is 20.3 Å². The Bertz CT molecular complexity index is 833. The maximum atomic E-state index is 13.1. The second-order valence-corrected chi connectivity index (χ2v) is 7.82. The van der Waals surface area contributed by atoms with E-state index in [0.717, 1.165) is 12.1 Å². The van der Waals surface area contributed by atoms with Crippen LogP contribution in [0.3, 0.4) is 0 Å². The van der Waals surface area contributed by atoms with Crippen LogP contribution >= 0.6 is 0 Å². The fraction of sp³-hybridized carbons (Fsp3) is 0.474. The van der Waals surface area contributed by atoms with Crippen molar-refractivity contribution in [3.8, 4) is 0 Å². The van der Waals surface area contributed by atoms with Crippen LogP contribution in [0.15, 0.2) is 23.7 Å². The number of amides is 1. The number of aromatic carboxylic acids is 1. The van der Waals surface area contributed by atoms with Gasteiger partial charge in [-0.25, -0.2) is 4.79 Å². The lowest BCUT2D eigenvalue weighted by atomic mass is 9.76. The minimum Gasteiger partial charge on any atom is -0.478 e. The van der Waals surface area contributed by atoms with Gasteiger partial charge in [0.1, 0.15) is 0 Å². The minimum atomic E-state index is -4.64. The number of benzene rings is 1. The molecule has 0 aromatic heterocycles. The third-order valence-corrected chi connectivity index (χ3v) is 5.05. The van der Waals surface area contributed by atoms with Crippen LogP contribution in [0.25, 0.3) is 6.08 Å². The highest BCUT2D eigenvalue weighted by molar-refractivity contribution is 6.56. The lowest BCUT2D eigenvalue weighted by Crippen LogP contribution is -2.41. The van der Waals surface area contributed by atoms with E-state index in [-0.39, 0.29) is 23.6 Å². The molecule has 6 nitrogen and oxygen atoms in total. The lowest BCUT2D eigenvalue weighted by Gasteiger charge is -2.32. The van der Waals surface area contributed by atoms with Gasteiger partial charge < -0.3 is 19.7 Å². The number of carbonyl (C=O) groups is 2. The van der Waals surface area contributed by atoms with Gasteiger partial charge in [-0.15, -0.1) is 0 Å². The molecule has 0 atom stereocenters. The predicted molar refractivity (Wildman–Crippen MR) is 101 cm³/mol. The quantitative estimate of drug-likeness (QED) is 0.722. The van der Waals surface area contributed by atoms with Crippen molar-refractivity contribution < 1.29 is 37.2 Å². The maximum absolute atomic E-state index is 13.1. The summed E-state index contributed by atoms with van der Waals surface area (Å²) < 4.78 is 51.2. The predicted octanol–water partition coefficient (Wildman–Crippen LogP) is 3.55. The largest absolute Gasteiger partial charge is 0.492 e. The van der Waals surface area contributed by atoms with E-state index in [1.54, 1.807) is 27.7 Å². The summed E-state index contributed by atoms with van der Waals surface area (Å²) in [5, 5.41) is 11.9. The molecule has 1 heterocycles. The zero-order valence-electron chi connectivity index (χ0n) is 16.8. The van der Waals surface area contributed by atoms with E-state index in [4.69, 9.17) is 9.31 Å². The Kier molecular flexibility index (Phi) is 6.20. The van der Waals surface area contributed by atoms with E-state index in [9.17, 15) is 27.9 Å². The zero-order chi connectivity index (χ0) is 22.2. The molecule has 1 aromatic carbocycles. The van der Waals surface area contributed by atoms with Crippen molar-refractivity contribution in [3.63, 3.8) is 0 Å². The first-order chi connectivity index (χ1) is 13.1. The Hall–Kier alpha value is -2.33. The Labute approximate surface area is 167 Å². The number of alkyl halides is 3. The lowest BCUT2D eigenvalue weighted by molar-refractivity contribution is -0.137. The van der Waals surface area contributed by atoms with Gasteiger partial charge in [-0.2, -0.15) is 13.2 Å². The van der Waals surface area contributed by atoms with Crippen LogP contribution in [0, 0.1) is 0 Å². The molecule has 10 heteroatoms. The SMILES string of the molecule is CC(=O)NCC(=Cc1cc(C(F)(F)F)ccc1C(=O)O)B1OC(C)(C)C(C)(C)O1. The van der Waals surface area contributed by atoms with Crippen LogP contribution in [-0.4, -0.2) is 41.8 Å². The van der Waals surface area contributed by atoms with Crippen molar-refractivity contribution in [1.29, 1.82) is 0 Å². The molecule has 1 aliphatic rings. The number of halogens is 3. The van der Waals surface area contributed by atoms with Crippen molar-refractivity contribution in [2.75, 3.05) is 6.54 Å². The minimum absolute atomic E-state index is 0.0819. The van der Waals surface area contributed by atoms with Gasteiger partial charge in [-0.05, 0) is 56.9 Å². The molecule has 0 bridgehead atoms. The first-order valence-electron chi connectivity index (χ1n) is 8.89. The van der Waals surface area contributed by atoms with Gasteiger partial charge in [0.15, 0.2) is 0 Å². The van der Waals surface area contributed by atoms with Crippen molar-refractivity contribution >= 4 is 25.1 Å². The van der Waals surface area contributed by atoms with Crippen molar-refractivity contribution in [2.24, 2.45) is 0 Å². The third kappa shape index (κ3) is 5.19. The fourth-order valence-corrected chi connectivity index (χ4v) is 2.68. The summed E-state index contributed by atoms with van der Waals surface area (Å²) in [4.78, 5) is 22.9. The number of hydrogen-bond donors (Lipinski definition) is 2. The average Bonchev–Trinajstić information content (AvgIpc) is 2.77. The van der Waals surface area contributed by atoms with Gasteiger partial charge in [0.05, 0.1) is 22.3 Å². The molecule has 1 saturated heterocycles. The average molecular weight is 413 g/mol. The molecule has 2 N–H and O–H groups in total. The summed E-state index contributed by atoms with van der Waals surface area (Å²) in [6, 6.07) is 2.36. The molecule has 0 unspecified atom stereocenters. The molecule has 0 saturated carbocycles. The molecule has 1 aromatic rings. The topological polar surface area (TPSA) is 84.9 Å². The summed E-state index contributed by atoms with van der Waals surface area (Å²) in [6.45, 7) is 8.41. The van der Waals surface area contributed by atoms with Gasteiger partial charge >= 0.3 is 19.3 Å². The number of rotatable bonds is 5. The molecule has 1 amide bonds. The van der Waals surface area contributed by atoms with E-state index in [1.807, 2.05) is 0 Å². The summed E-state index contributed by atoms with van der Waals surface area (Å²) in [7, 11) is -0.969. The van der Waals surface area contributed by atoms with Gasteiger partial charge in [-0.3, -0.25) is 4.79 Å². The smallest absolute Gasteiger partial charge is 0.478 e. The Balaban J connectivity index is 2.56.